The van der Waals surface area contributed by atoms with Gasteiger partial charge in [0.25, 0.3) is 0 Å². The molecule has 0 radical (unpaired) electrons. The summed E-state index contributed by atoms with van der Waals surface area (Å²) < 4.78 is 5.12. The fraction of sp³-hybridized carbons (Fsp3) is 0.583. The summed E-state index contributed by atoms with van der Waals surface area (Å²) in [4.78, 5) is 21.9. The fourth-order valence-corrected chi connectivity index (χ4v) is 1.57. The number of nitrogens with zero attached hydrogens (tertiary/aromatic N) is 3. The minimum atomic E-state index is -0.532. The van der Waals surface area contributed by atoms with Gasteiger partial charge in [-0.05, 0) is 20.8 Å². The number of ether oxygens (including phenoxy) is 1. The highest BCUT2D eigenvalue weighted by atomic mass is 16.5. The maximum absolute atomic E-state index is 12.0. The van der Waals surface area contributed by atoms with Crippen LogP contribution < -0.4 is 10.5 Å². The number of carbonyl (C=O) groups excluding carboxylic acids is 1. The number of carbonyl (C=O) groups is 1. The maximum Gasteiger partial charge on any atom is 0.239 e. The SMILES string of the molecule is COc1nccnc1CN(C(=O)C(C)N)C(C)C. The van der Waals surface area contributed by atoms with Crippen LogP contribution in [0.25, 0.3) is 0 Å². The van der Waals surface area contributed by atoms with Crippen molar-refractivity contribution in [2.45, 2.75) is 39.4 Å². The molecule has 100 valence electrons. The van der Waals surface area contributed by atoms with Crippen molar-refractivity contribution in [3.63, 3.8) is 0 Å². The molecule has 0 spiro atoms. The molecule has 0 bridgehead atoms. The van der Waals surface area contributed by atoms with Gasteiger partial charge in [0.15, 0.2) is 0 Å². The van der Waals surface area contributed by atoms with Crippen molar-refractivity contribution in [1.82, 2.24) is 14.9 Å². The molecule has 0 fully saturated rings. The monoisotopic (exact) mass is 252 g/mol. The molecule has 2 N–H and O–H groups in total. The highest BCUT2D eigenvalue weighted by Gasteiger charge is 2.22. The van der Waals surface area contributed by atoms with Gasteiger partial charge in [0.1, 0.15) is 5.69 Å². The minimum Gasteiger partial charge on any atom is -0.480 e. The van der Waals surface area contributed by atoms with Crippen molar-refractivity contribution < 1.29 is 9.53 Å². The first-order valence-corrected chi connectivity index (χ1v) is 5.87. The van der Waals surface area contributed by atoms with Crippen LogP contribution in [0.1, 0.15) is 26.5 Å². The zero-order valence-electron chi connectivity index (χ0n) is 11.3. The molecule has 0 aliphatic carbocycles. The lowest BCUT2D eigenvalue weighted by Gasteiger charge is -2.28. The summed E-state index contributed by atoms with van der Waals surface area (Å²) in [5, 5.41) is 0. The standard InChI is InChI=1S/C12H20N4O2/c1-8(2)16(12(17)9(3)13)7-10-11(18-4)15-6-5-14-10/h5-6,8-9H,7,13H2,1-4H3. The zero-order valence-corrected chi connectivity index (χ0v) is 11.3. The summed E-state index contributed by atoms with van der Waals surface area (Å²) in [7, 11) is 1.53. The van der Waals surface area contributed by atoms with Crippen LogP contribution in [-0.2, 0) is 11.3 Å². The zero-order chi connectivity index (χ0) is 13.7. The fourth-order valence-electron chi connectivity index (χ4n) is 1.57. The van der Waals surface area contributed by atoms with Crippen LogP contribution >= 0.6 is 0 Å². The Morgan fingerprint density at radius 2 is 2.00 bits per heavy atom. The molecule has 1 amide bonds. The molecule has 0 saturated heterocycles. The van der Waals surface area contributed by atoms with Gasteiger partial charge in [0.05, 0.1) is 19.7 Å². The number of hydrogen-bond donors (Lipinski definition) is 1. The Kier molecular flexibility index (Phi) is 5.03. The van der Waals surface area contributed by atoms with Gasteiger partial charge in [0, 0.05) is 18.4 Å². The number of aromatic nitrogens is 2. The minimum absolute atomic E-state index is 0.0372. The van der Waals surface area contributed by atoms with E-state index >= 15 is 0 Å². The van der Waals surface area contributed by atoms with Crippen molar-refractivity contribution in [3.05, 3.63) is 18.1 Å². The molecule has 1 atom stereocenters. The third-order valence-corrected chi connectivity index (χ3v) is 2.55. The molecule has 0 aromatic carbocycles. The Bertz CT molecular complexity index is 407. The Hall–Kier alpha value is -1.69. The smallest absolute Gasteiger partial charge is 0.239 e. The molecule has 1 aromatic rings. The van der Waals surface area contributed by atoms with Crippen molar-refractivity contribution in [2.75, 3.05) is 7.11 Å². The second-order valence-corrected chi connectivity index (χ2v) is 4.36. The molecular formula is C12H20N4O2. The van der Waals surface area contributed by atoms with Crippen molar-refractivity contribution in [1.29, 1.82) is 0 Å². The normalized spacial score (nSPS) is 12.3. The third kappa shape index (κ3) is 3.40. The number of hydrogen-bond acceptors (Lipinski definition) is 5. The lowest BCUT2D eigenvalue weighted by molar-refractivity contribution is -0.134. The predicted molar refractivity (Wildman–Crippen MR) is 67.9 cm³/mol. The second kappa shape index (κ2) is 6.30. The van der Waals surface area contributed by atoms with E-state index in [1.807, 2.05) is 13.8 Å². The van der Waals surface area contributed by atoms with E-state index in [9.17, 15) is 4.79 Å². The van der Waals surface area contributed by atoms with Gasteiger partial charge in [-0.3, -0.25) is 9.78 Å². The maximum atomic E-state index is 12.0. The number of nitrogens with two attached hydrogens (primary N) is 1. The first-order chi connectivity index (χ1) is 8.47. The summed E-state index contributed by atoms with van der Waals surface area (Å²) in [6.45, 7) is 5.88. The van der Waals surface area contributed by atoms with E-state index in [4.69, 9.17) is 10.5 Å². The summed E-state index contributed by atoms with van der Waals surface area (Å²) in [6, 6.07) is -0.495. The first kappa shape index (κ1) is 14.4. The molecule has 1 aromatic heterocycles. The molecular weight excluding hydrogens is 232 g/mol. The van der Waals surface area contributed by atoms with Crippen LogP contribution in [-0.4, -0.2) is 40.0 Å². The van der Waals surface area contributed by atoms with E-state index in [1.165, 1.54) is 7.11 Å². The molecule has 1 unspecified atom stereocenters. The molecule has 0 aliphatic heterocycles. The van der Waals surface area contributed by atoms with E-state index in [0.717, 1.165) is 0 Å². The van der Waals surface area contributed by atoms with Gasteiger partial charge < -0.3 is 15.4 Å². The predicted octanol–water partition coefficient (Wildman–Crippen LogP) is 0.569. The highest BCUT2D eigenvalue weighted by molar-refractivity contribution is 5.81. The lowest BCUT2D eigenvalue weighted by Crippen LogP contribution is -2.45. The van der Waals surface area contributed by atoms with Crippen LogP contribution in [0.3, 0.4) is 0 Å². The molecule has 6 heteroatoms. The van der Waals surface area contributed by atoms with Gasteiger partial charge in [-0.1, -0.05) is 0 Å². The number of rotatable bonds is 5. The van der Waals surface area contributed by atoms with Gasteiger partial charge in [-0.25, -0.2) is 4.98 Å². The van der Waals surface area contributed by atoms with E-state index in [0.29, 0.717) is 18.1 Å². The van der Waals surface area contributed by atoms with Crippen molar-refractivity contribution in [3.8, 4) is 5.88 Å². The summed E-state index contributed by atoms with van der Waals surface area (Å²) in [5.74, 6) is 0.318. The Labute approximate surface area is 107 Å². The molecule has 6 nitrogen and oxygen atoms in total. The van der Waals surface area contributed by atoms with E-state index in [2.05, 4.69) is 9.97 Å². The summed E-state index contributed by atoms with van der Waals surface area (Å²) in [6.07, 6.45) is 3.13. The van der Waals surface area contributed by atoms with Crippen molar-refractivity contribution >= 4 is 5.91 Å². The van der Waals surface area contributed by atoms with Crippen molar-refractivity contribution in [2.24, 2.45) is 5.73 Å². The summed E-state index contributed by atoms with van der Waals surface area (Å²) >= 11 is 0. The van der Waals surface area contributed by atoms with Crippen LogP contribution in [0.15, 0.2) is 12.4 Å². The summed E-state index contributed by atoms with van der Waals surface area (Å²) in [5.41, 5.74) is 6.27. The molecule has 1 heterocycles. The molecule has 0 saturated carbocycles. The average molecular weight is 252 g/mol. The largest absolute Gasteiger partial charge is 0.480 e. The Balaban J connectivity index is 2.93. The number of methoxy groups -OCH3 is 1. The highest BCUT2D eigenvalue weighted by Crippen LogP contribution is 2.15. The van der Waals surface area contributed by atoms with Crippen LogP contribution in [0, 0.1) is 0 Å². The molecule has 18 heavy (non-hydrogen) atoms. The van der Waals surface area contributed by atoms with Gasteiger partial charge in [-0.15, -0.1) is 0 Å². The average Bonchev–Trinajstić information content (AvgIpc) is 2.35. The Morgan fingerprint density at radius 1 is 1.39 bits per heavy atom. The third-order valence-electron chi connectivity index (χ3n) is 2.55. The quantitative estimate of drug-likeness (QED) is 0.828. The van der Waals surface area contributed by atoms with Crippen LogP contribution in [0.5, 0.6) is 5.88 Å². The second-order valence-electron chi connectivity index (χ2n) is 4.36. The Morgan fingerprint density at radius 3 is 2.50 bits per heavy atom. The van der Waals surface area contributed by atoms with E-state index < -0.39 is 6.04 Å². The molecule has 0 aliphatic rings. The van der Waals surface area contributed by atoms with E-state index in [1.54, 1.807) is 24.2 Å². The van der Waals surface area contributed by atoms with Gasteiger partial charge >= 0.3 is 0 Å². The lowest BCUT2D eigenvalue weighted by atomic mass is 10.2. The van der Waals surface area contributed by atoms with Gasteiger partial charge in [-0.2, -0.15) is 0 Å². The topological polar surface area (TPSA) is 81.3 Å². The van der Waals surface area contributed by atoms with Crippen LogP contribution in [0.2, 0.25) is 0 Å². The van der Waals surface area contributed by atoms with Crippen LogP contribution in [0.4, 0.5) is 0 Å². The first-order valence-electron chi connectivity index (χ1n) is 5.87. The van der Waals surface area contributed by atoms with E-state index in [-0.39, 0.29) is 11.9 Å². The number of amides is 1. The van der Waals surface area contributed by atoms with Gasteiger partial charge in [0.2, 0.25) is 11.8 Å². The molecule has 1 rings (SSSR count).